The Hall–Kier alpha value is -2.90. The van der Waals surface area contributed by atoms with E-state index < -0.39 is 17.7 Å². The molecule has 0 radical (unpaired) electrons. The Balaban J connectivity index is 1.82. The van der Waals surface area contributed by atoms with Gasteiger partial charge in [0.25, 0.3) is 0 Å². The number of halogens is 3. The van der Waals surface area contributed by atoms with Gasteiger partial charge in [0.15, 0.2) is 0 Å². The maximum Gasteiger partial charge on any atom is 0.416 e. The maximum atomic E-state index is 12.8. The number of hydrogen-bond acceptors (Lipinski definition) is 4. The standard InChI is InChI=1S/C16H12F3N3O2/c1-22-13-5-4-11(16(17,18)19)7-12(13)21-14(22)9-24-15(23)10-3-2-6-20-8-10/h2-8H,9H2,1H3. The smallest absolute Gasteiger partial charge is 0.416 e. The van der Waals surface area contributed by atoms with Crippen LogP contribution in [0, 0.1) is 0 Å². The average molecular weight is 335 g/mol. The van der Waals surface area contributed by atoms with E-state index in [2.05, 4.69) is 9.97 Å². The van der Waals surface area contributed by atoms with E-state index in [1.165, 1.54) is 18.5 Å². The number of hydrogen-bond donors (Lipinski definition) is 0. The molecular formula is C16H12F3N3O2. The number of pyridine rings is 1. The Kier molecular flexibility index (Phi) is 3.96. The van der Waals surface area contributed by atoms with E-state index in [4.69, 9.17) is 4.74 Å². The molecule has 0 bridgehead atoms. The van der Waals surface area contributed by atoms with Crippen molar-refractivity contribution in [3.8, 4) is 0 Å². The van der Waals surface area contributed by atoms with Gasteiger partial charge in [-0.1, -0.05) is 0 Å². The summed E-state index contributed by atoms with van der Waals surface area (Å²) in [5, 5.41) is 0. The zero-order valence-electron chi connectivity index (χ0n) is 12.5. The molecule has 0 atom stereocenters. The summed E-state index contributed by atoms with van der Waals surface area (Å²) < 4.78 is 45.0. The van der Waals surface area contributed by atoms with Crippen molar-refractivity contribution in [2.45, 2.75) is 12.8 Å². The number of esters is 1. The van der Waals surface area contributed by atoms with Crippen LogP contribution in [0.2, 0.25) is 0 Å². The summed E-state index contributed by atoms with van der Waals surface area (Å²) in [4.78, 5) is 19.8. The van der Waals surface area contributed by atoms with Gasteiger partial charge >= 0.3 is 12.1 Å². The summed E-state index contributed by atoms with van der Waals surface area (Å²) in [6.45, 7) is -0.153. The highest BCUT2D eigenvalue weighted by Crippen LogP contribution is 2.31. The summed E-state index contributed by atoms with van der Waals surface area (Å²) in [6, 6.07) is 6.47. The monoisotopic (exact) mass is 335 g/mol. The van der Waals surface area contributed by atoms with Crippen molar-refractivity contribution in [1.29, 1.82) is 0 Å². The van der Waals surface area contributed by atoms with Crippen LogP contribution < -0.4 is 0 Å². The molecule has 24 heavy (non-hydrogen) atoms. The van der Waals surface area contributed by atoms with Crippen LogP contribution in [0.3, 0.4) is 0 Å². The van der Waals surface area contributed by atoms with Crippen molar-refractivity contribution in [2.75, 3.05) is 0 Å². The van der Waals surface area contributed by atoms with E-state index in [9.17, 15) is 18.0 Å². The number of rotatable bonds is 3. The molecule has 3 rings (SSSR count). The zero-order chi connectivity index (χ0) is 17.3. The van der Waals surface area contributed by atoms with E-state index in [0.29, 0.717) is 11.3 Å². The lowest BCUT2D eigenvalue weighted by Gasteiger charge is -2.06. The molecule has 0 N–H and O–H groups in total. The lowest BCUT2D eigenvalue weighted by molar-refractivity contribution is -0.137. The van der Waals surface area contributed by atoms with Gasteiger partial charge in [-0.3, -0.25) is 4.98 Å². The summed E-state index contributed by atoms with van der Waals surface area (Å²) in [5.41, 5.74) is 0.234. The lowest BCUT2D eigenvalue weighted by Crippen LogP contribution is -2.08. The number of ether oxygens (including phenoxy) is 1. The van der Waals surface area contributed by atoms with E-state index in [1.54, 1.807) is 23.7 Å². The molecule has 0 aliphatic rings. The summed E-state index contributed by atoms with van der Waals surface area (Å²) in [7, 11) is 1.65. The summed E-state index contributed by atoms with van der Waals surface area (Å²) >= 11 is 0. The number of imidazole rings is 1. The van der Waals surface area contributed by atoms with Crippen LogP contribution in [-0.4, -0.2) is 20.5 Å². The first-order chi connectivity index (χ1) is 11.4. The fourth-order valence-corrected chi connectivity index (χ4v) is 2.25. The second-order valence-corrected chi connectivity index (χ2v) is 5.11. The number of benzene rings is 1. The minimum absolute atomic E-state index is 0.153. The third-order valence-electron chi connectivity index (χ3n) is 3.53. The predicted molar refractivity (Wildman–Crippen MR) is 79.1 cm³/mol. The van der Waals surface area contributed by atoms with Gasteiger partial charge in [-0.15, -0.1) is 0 Å². The second-order valence-electron chi connectivity index (χ2n) is 5.11. The van der Waals surface area contributed by atoms with E-state index in [0.717, 1.165) is 12.1 Å². The minimum Gasteiger partial charge on any atom is -0.454 e. The molecule has 8 heteroatoms. The maximum absolute atomic E-state index is 12.8. The molecule has 0 saturated carbocycles. The fraction of sp³-hybridized carbons (Fsp3) is 0.188. The molecule has 2 heterocycles. The number of alkyl halides is 3. The first-order valence-corrected chi connectivity index (χ1v) is 6.96. The molecule has 0 spiro atoms. The van der Waals surface area contributed by atoms with E-state index in [-0.39, 0.29) is 17.7 Å². The minimum atomic E-state index is -4.43. The highest BCUT2D eigenvalue weighted by Gasteiger charge is 2.31. The molecule has 1 aromatic carbocycles. The number of nitrogens with zero attached hydrogens (tertiary/aromatic N) is 3. The van der Waals surface area contributed by atoms with Crippen LogP contribution in [0.15, 0.2) is 42.7 Å². The van der Waals surface area contributed by atoms with Crippen molar-refractivity contribution in [1.82, 2.24) is 14.5 Å². The molecule has 5 nitrogen and oxygen atoms in total. The third kappa shape index (κ3) is 3.08. The van der Waals surface area contributed by atoms with Crippen LogP contribution in [0.4, 0.5) is 13.2 Å². The molecular weight excluding hydrogens is 323 g/mol. The van der Waals surface area contributed by atoms with Gasteiger partial charge in [0.1, 0.15) is 12.4 Å². The topological polar surface area (TPSA) is 57.0 Å². The molecule has 0 saturated heterocycles. The molecule has 0 amide bonds. The van der Waals surface area contributed by atoms with Gasteiger partial charge in [-0.05, 0) is 30.3 Å². The van der Waals surface area contributed by atoms with Crippen LogP contribution in [-0.2, 0) is 24.6 Å². The first-order valence-electron chi connectivity index (χ1n) is 6.96. The molecule has 0 aliphatic heterocycles. The normalized spacial score (nSPS) is 11.7. The largest absolute Gasteiger partial charge is 0.454 e. The zero-order valence-corrected chi connectivity index (χ0v) is 12.5. The molecule has 124 valence electrons. The second kappa shape index (κ2) is 5.95. The Bertz CT molecular complexity index is 889. The highest BCUT2D eigenvalue weighted by atomic mass is 19.4. The van der Waals surface area contributed by atoms with Gasteiger partial charge in [0.2, 0.25) is 0 Å². The Morgan fingerprint density at radius 3 is 2.75 bits per heavy atom. The van der Waals surface area contributed by atoms with Crippen molar-refractivity contribution in [3.63, 3.8) is 0 Å². The summed E-state index contributed by atoms with van der Waals surface area (Å²) in [6.07, 6.45) is -1.54. The molecule has 0 aliphatic carbocycles. The van der Waals surface area contributed by atoms with Gasteiger partial charge in [0.05, 0.1) is 22.2 Å². The number of carbonyl (C=O) groups excluding carboxylic acids is 1. The van der Waals surface area contributed by atoms with Crippen molar-refractivity contribution in [3.05, 3.63) is 59.7 Å². The van der Waals surface area contributed by atoms with Crippen molar-refractivity contribution >= 4 is 17.0 Å². The van der Waals surface area contributed by atoms with Crippen LogP contribution in [0.1, 0.15) is 21.7 Å². The Morgan fingerprint density at radius 2 is 2.08 bits per heavy atom. The Morgan fingerprint density at radius 1 is 1.29 bits per heavy atom. The average Bonchev–Trinajstić information content (AvgIpc) is 2.88. The van der Waals surface area contributed by atoms with Crippen LogP contribution >= 0.6 is 0 Å². The first kappa shape index (κ1) is 16.0. The van der Waals surface area contributed by atoms with Gasteiger partial charge in [-0.2, -0.15) is 13.2 Å². The van der Waals surface area contributed by atoms with Crippen LogP contribution in [0.25, 0.3) is 11.0 Å². The van der Waals surface area contributed by atoms with Crippen molar-refractivity contribution in [2.24, 2.45) is 7.05 Å². The van der Waals surface area contributed by atoms with Gasteiger partial charge < -0.3 is 9.30 Å². The predicted octanol–water partition coefficient (Wildman–Crippen LogP) is 3.34. The molecule has 2 aromatic heterocycles. The number of carbonyl (C=O) groups is 1. The molecule has 0 unspecified atom stereocenters. The third-order valence-corrected chi connectivity index (χ3v) is 3.53. The fourth-order valence-electron chi connectivity index (χ4n) is 2.25. The highest BCUT2D eigenvalue weighted by molar-refractivity contribution is 5.88. The number of aromatic nitrogens is 3. The Labute approximate surface area is 134 Å². The van der Waals surface area contributed by atoms with E-state index in [1.807, 2.05) is 0 Å². The lowest BCUT2D eigenvalue weighted by atomic mass is 10.2. The molecule has 3 aromatic rings. The quantitative estimate of drug-likeness (QED) is 0.689. The van der Waals surface area contributed by atoms with Crippen molar-refractivity contribution < 1.29 is 22.7 Å². The van der Waals surface area contributed by atoms with Gasteiger partial charge in [-0.25, -0.2) is 9.78 Å². The number of aryl methyl sites for hydroxylation is 1. The summed E-state index contributed by atoms with van der Waals surface area (Å²) in [5.74, 6) is -0.229. The number of fused-ring (bicyclic) bond motifs is 1. The van der Waals surface area contributed by atoms with Gasteiger partial charge in [0, 0.05) is 19.4 Å². The van der Waals surface area contributed by atoms with Crippen LogP contribution in [0.5, 0.6) is 0 Å². The molecule has 0 fully saturated rings. The SMILES string of the molecule is Cn1c(COC(=O)c2cccnc2)nc2cc(C(F)(F)F)ccc21. The van der Waals surface area contributed by atoms with E-state index >= 15 is 0 Å².